The third-order valence-electron chi connectivity index (χ3n) is 9.24. The van der Waals surface area contributed by atoms with Gasteiger partial charge in [0.1, 0.15) is 0 Å². The van der Waals surface area contributed by atoms with Crippen molar-refractivity contribution in [3.63, 3.8) is 0 Å². The first kappa shape index (κ1) is 22.6. The molecule has 2 saturated carbocycles. The highest BCUT2D eigenvalue weighted by Crippen LogP contribution is 2.64. The van der Waals surface area contributed by atoms with Gasteiger partial charge in [0, 0.05) is 5.41 Å². The summed E-state index contributed by atoms with van der Waals surface area (Å²) in [7, 11) is 0. The van der Waals surface area contributed by atoms with Crippen molar-refractivity contribution in [3.05, 3.63) is 12.2 Å². The van der Waals surface area contributed by atoms with Crippen LogP contribution in [0, 0.1) is 46.3 Å². The van der Waals surface area contributed by atoms with Gasteiger partial charge in [0.2, 0.25) is 0 Å². The molecule has 0 heterocycles. The second kappa shape index (κ2) is 8.55. The topological polar surface area (TPSA) is 54.4 Å². The zero-order valence-electron chi connectivity index (χ0n) is 19.2. The second-order valence-corrected chi connectivity index (χ2v) is 11.3. The lowest BCUT2D eigenvalue weighted by Gasteiger charge is -2.52. The maximum absolute atomic E-state index is 12.8. The van der Waals surface area contributed by atoms with Crippen molar-refractivity contribution < 1.29 is 14.7 Å². The Morgan fingerprint density at radius 3 is 2.45 bits per heavy atom. The van der Waals surface area contributed by atoms with Crippen LogP contribution in [0.15, 0.2) is 12.2 Å². The molecule has 0 aromatic rings. The number of hydrogen-bond acceptors (Lipinski definition) is 2. The van der Waals surface area contributed by atoms with E-state index in [-0.39, 0.29) is 29.0 Å². The number of carboxylic acid groups (broad SMARTS) is 1. The van der Waals surface area contributed by atoms with Crippen molar-refractivity contribution in [2.75, 3.05) is 0 Å². The van der Waals surface area contributed by atoms with Gasteiger partial charge in [0.15, 0.2) is 5.78 Å². The van der Waals surface area contributed by atoms with E-state index in [1.165, 1.54) is 19.3 Å². The van der Waals surface area contributed by atoms with Gasteiger partial charge in [-0.2, -0.15) is 0 Å². The molecular weight excluding hydrogens is 360 g/mol. The molecule has 0 aromatic heterocycles. The lowest BCUT2D eigenvalue weighted by Crippen LogP contribution is -2.52. The number of aliphatic carboxylic acids is 1. The van der Waals surface area contributed by atoms with Crippen LogP contribution in [0.3, 0.4) is 0 Å². The molecule has 29 heavy (non-hydrogen) atoms. The van der Waals surface area contributed by atoms with Gasteiger partial charge < -0.3 is 5.11 Å². The molecule has 0 unspecified atom stereocenters. The van der Waals surface area contributed by atoms with E-state index in [4.69, 9.17) is 0 Å². The number of hydrogen-bond donors (Lipinski definition) is 1. The Balaban J connectivity index is 1.80. The number of carbonyl (C=O) groups is 2. The van der Waals surface area contributed by atoms with Crippen LogP contribution in [-0.2, 0) is 9.59 Å². The highest BCUT2D eigenvalue weighted by molar-refractivity contribution is 5.96. The zero-order valence-corrected chi connectivity index (χ0v) is 19.2. The number of carbonyl (C=O) groups excluding carboxylic acids is 1. The van der Waals surface area contributed by atoms with Crippen LogP contribution in [0.2, 0.25) is 0 Å². The summed E-state index contributed by atoms with van der Waals surface area (Å²) in [6.07, 6.45) is 13.3. The van der Waals surface area contributed by atoms with E-state index in [1.54, 1.807) is 6.08 Å². The van der Waals surface area contributed by atoms with Crippen LogP contribution in [0.4, 0.5) is 0 Å². The highest BCUT2D eigenvalue weighted by Gasteiger charge is 2.60. The summed E-state index contributed by atoms with van der Waals surface area (Å²) in [6.45, 7) is 11.4. The zero-order chi connectivity index (χ0) is 21.4. The molecule has 3 nitrogen and oxygen atoms in total. The SMILES string of the molecule is CC(C)CCC[C@H](C)[C@@H]1CC[C@@H]2[C@H](C(=O)O)[C@H]([C@]3(C)CCC=CC3=O)CC[C@]21C. The smallest absolute Gasteiger partial charge is 0.307 e. The molecule has 0 spiro atoms. The van der Waals surface area contributed by atoms with Crippen LogP contribution in [0.5, 0.6) is 0 Å². The van der Waals surface area contributed by atoms with E-state index < -0.39 is 11.4 Å². The molecule has 0 saturated heterocycles. The Hall–Kier alpha value is -1.12. The maximum atomic E-state index is 12.8. The largest absolute Gasteiger partial charge is 0.481 e. The fourth-order valence-corrected chi connectivity index (χ4v) is 7.48. The standard InChI is InChI=1S/C26H42O3/c1-17(2)9-8-10-18(3)19-12-13-20-23(24(28)29)21(14-16-25(19,20)4)26(5)15-7-6-11-22(26)27/h6,11,17-21,23H,7-10,12-16H2,1-5H3,(H,28,29)/t18-,19-,20+,21+,23-,25-,26-/m0/s1. The first-order chi connectivity index (χ1) is 13.6. The molecule has 0 aromatic carbocycles. The van der Waals surface area contributed by atoms with Gasteiger partial charge in [-0.05, 0) is 79.6 Å². The number of rotatable bonds is 7. The van der Waals surface area contributed by atoms with Crippen molar-refractivity contribution in [1.82, 2.24) is 0 Å². The molecule has 7 atom stereocenters. The molecule has 3 aliphatic rings. The Labute approximate surface area is 177 Å². The lowest BCUT2D eigenvalue weighted by atomic mass is 9.50. The fourth-order valence-electron chi connectivity index (χ4n) is 7.48. The Bertz CT molecular complexity index is 650. The molecule has 164 valence electrons. The Morgan fingerprint density at radius 1 is 1.10 bits per heavy atom. The molecule has 0 aliphatic heterocycles. The molecule has 0 bridgehead atoms. The van der Waals surface area contributed by atoms with Gasteiger partial charge in [-0.15, -0.1) is 0 Å². The van der Waals surface area contributed by atoms with Crippen LogP contribution in [-0.4, -0.2) is 16.9 Å². The third kappa shape index (κ3) is 4.08. The molecule has 3 rings (SSSR count). The molecule has 0 radical (unpaired) electrons. The summed E-state index contributed by atoms with van der Waals surface area (Å²) >= 11 is 0. The number of fused-ring (bicyclic) bond motifs is 1. The van der Waals surface area contributed by atoms with Crippen LogP contribution in [0.25, 0.3) is 0 Å². The summed E-state index contributed by atoms with van der Waals surface area (Å²) in [6, 6.07) is 0. The average molecular weight is 403 g/mol. The summed E-state index contributed by atoms with van der Waals surface area (Å²) in [5.74, 6) is 1.34. The van der Waals surface area contributed by atoms with Gasteiger partial charge in [-0.1, -0.05) is 60.0 Å². The molecule has 3 aliphatic carbocycles. The van der Waals surface area contributed by atoms with Gasteiger partial charge in [-0.3, -0.25) is 9.59 Å². The van der Waals surface area contributed by atoms with Crippen molar-refractivity contribution >= 4 is 11.8 Å². The minimum atomic E-state index is -0.664. The van der Waals surface area contributed by atoms with Crippen LogP contribution in [0.1, 0.15) is 92.4 Å². The summed E-state index contributed by atoms with van der Waals surface area (Å²) in [5.41, 5.74) is -0.388. The van der Waals surface area contributed by atoms with E-state index in [2.05, 4.69) is 27.7 Å². The van der Waals surface area contributed by atoms with Crippen LogP contribution >= 0.6 is 0 Å². The lowest BCUT2D eigenvalue weighted by molar-refractivity contribution is -0.159. The molecule has 1 N–H and O–H groups in total. The number of allylic oxidation sites excluding steroid dienone is 2. The van der Waals surface area contributed by atoms with Gasteiger partial charge >= 0.3 is 5.97 Å². The van der Waals surface area contributed by atoms with Crippen molar-refractivity contribution in [2.24, 2.45) is 46.3 Å². The van der Waals surface area contributed by atoms with Gasteiger partial charge in [0.25, 0.3) is 0 Å². The van der Waals surface area contributed by atoms with Crippen LogP contribution < -0.4 is 0 Å². The predicted octanol–water partition coefficient (Wildman–Crippen LogP) is 6.52. The number of ketones is 1. The molecule has 3 heteroatoms. The molecule has 0 amide bonds. The van der Waals surface area contributed by atoms with Crippen molar-refractivity contribution in [2.45, 2.75) is 92.4 Å². The van der Waals surface area contributed by atoms with Crippen molar-refractivity contribution in [3.8, 4) is 0 Å². The normalized spacial score (nSPS) is 40.8. The minimum Gasteiger partial charge on any atom is -0.481 e. The van der Waals surface area contributed by atoms with E-state index in [0.29, 0.717) is 11.8 Å². The second-order valence-electron chi connectivity index (χ2n) is 11.3. The summed E-state index contributed by atoms with van der Waals surface area (Å²) < 4.78 is 0. The monoisotopic (exact) mass is 402 g/mol. The molecule has 2 fully saturated rings. The Morgan fingerprint density at radius 2 is 1.83 bits per heavy atom. The average Bonchev–Trinajstić information content (AvgIpc) is 2.99. The molecular formula is C26H42O3. The first-order valence-corrected chi connectivity index (χ1v) is 12.0. The van der Waals surface area contributed by atoms with Gasteiger partial charge in [-0.25, -0.2) is 0 Å². The maximum Gasteiger partial charge on any atom is 0.307 e. The van der Waals surface area contributed by atoms with Gasteiger partial charge in [0.05, 0.1) is 5.92 Å². The first-order valence-electron chi connectivity index (χ1n) is 12.0. The minimum absolute atomic E-state index is 0.0227. The predicted molar refractivity (Wildman–Crippen MR) is 118 cm³/mol. The summed E-state index contributed by atoms with van der Waals surface area (Å²) in [4.78, 5) is 25.4. The third-order valence-corrected chi connectivity index (χ3v) is 9.24. The fraction of sp³-hybridized carbons (Fsp3) is 0.846. The van der Waals surface area contributed by atoms with E-state index >= 15 is 0 Å². The number of carboxylic acids is 1. The quantitative estimate of drug-likeness (QED) is 0.527. The van der Waals surface area contributed by atoms with Crippen molar-refractivity contribution in [1.29, 1.82) is 0 Å². The van der Waals surface area contributed by atoms with E-state index in [9.17, 15) is 14.7 Å². The summed E-state index contributed by atoms with van der Waals surface area (Å²) in [5, 5.41) is 10.3. The van der Waals surface area contributed by atoms with E-state index in [1.807, 2.05) is 13.0 Å². The Kier molecular flexibility index (Phi) is 6.65. The van der Waals surface area contributed by atoms with E-state index in [0.717, 1.165) is 44.4 Å². The highest BCUT2D eigenvalue weighted by atomic mass is 16.4.